The molecule has 0 bridgehead atoms. The first-order chi connectivity index (χ1) is 11.4. The number of para-hydroxylation sites is 1. The molecular formula is C17H22N4O2S. The van der Waals surface area contributed by atoms with Crippen LogP contribution in [0.15, 0.2) is 41.6 Å². The predicted molar refractivity (Wildman–Crippen MR) is 94.4 cm³/mol. The molecule has 6 nitrogen and oxygen atoms in total. The minimum Gasteiger partial charge on any atom is -0.347 e. The van der Waals surface area contributed by atoms with Crippen LogP contribution in [0, 0.1) is 13.8 Å². The SMILES string of the molecule is Cc1nccn1CCCNS(=O)(=O)c1c(C)n(C)c2ccccc12. The lowest BCUT2D eigenvalue weighted by Gasteiger charge is -2.08. The molecular weight excluding hydrogens is 324 g/mol. The van der Waals surface area contributed by atoms with Crippen LogP contribution in [-0.4, -0.2) is 29.1 Å². The summed E-state index contributed by atoms with van der Waals surface area (Å²) in [5, 5.41) is 0.760. The third kappa shape index (κ3) is 2.97. The highest BCUT2D eigenvalue weighted by atomic mass is 32.2. The van der Waals surface area contributed by atoms with Gasteiger partial charge in [-0.1, -0.05) is 18.2 Å². The van der Waals surface area contributed by atoms with E-state index in [1.807, 2.05) is 60.5 Å². The largest absolute Gasteiger partial charge is 0.347 e. The lowest BCUT2D eigenvalue weighted by Crippen LogP contribution is -2.26. The van der Waals surface area contributed by atoms with Crippen LogP contribution in [0.3, 0.4) is 0 Å². The Morgan fingerprint density at radius 3 is 2.67 bits per heavy atom. The molecule has 0 fully saturated rings. The van der Waals surface area contributed by atoms with Crippen molar-refractivity contribution in [2.24, 2.45) is 7.05 Å². The summed E-state index contributed by atoms with van der Waals surface area (Å²) in [6.07, 6.45) is 4.36. The van der Waals surface area contributed by atoms with Gasteiger partial charge in [0, 0.05) is 49.1 Å². The average molecular weight is 346 g/mol. The number of aromatic nitrogens is 3. The van der Waals surface area contributed by atoms with E-state index in [1.165, 1.54) is 0 Å². The molecule has 24 heavy (non-hydrogen) atoms. The first kappa shape index (κ1) is 16.7. The highest BCUT2D eigenvalue weighted by molar-refractivity contribution is 7.89. The Labute approximate surface area is 142 Å². The van der Waals surface area contributed by atoms with Gasteiger partial charge in [0.1, 0.15) is 10.7 Å². The van der Waals surface area contributed by atoms with Gasteiger partial charge in [0.2, 0.25) is 10.0 Å². The summed E-state index contributed by atoms with van der Waals surface area (Å²) in [4.78, 5) is 4.54. The molecule has 128 valence electrons. The zero-order valence-corrected chi connectivity index (χ0v) is 15.0. The van der Waals surface area contributed by atoms with Crippen molar-refractivity contribution < 1.29 is 8.42 Å². The normalized spacial score (nSPS) is 12.1. The Morgan fingerprint density at radius 1 is 1.21 bits per heavy atom. The molecule has 0 unspecified atom stereocenters. The fourth-order valence-electron chi connectivity index (χ4n) is 2.99. The standard InChI is InChI=1S/C17H22N4O2S/c1-13-17(15-7-4-5-8-16(15)20(13)3)24(22,23)19-9-6-11-21-12-10-18-14(21)2/h4-5,7-8,10,12,19H,6,9,11H2,1-3H3. The van der Waals surface area contributed by atoms with Gasteiger partial charge in [-0.05, 0) is 26.3 Å². The number of rotatable bonds is 6. The van der Waals surface area contributed by atoms with Gasteiger partial charge in [-0.15, -0.1) is 0 Å². The lowest BCUT2D eigenvalue weighted by molar-refractivity contribution is 0.567. The second-order valence-corrected chi connectivity index (χ2v) is 7.61. The number of imidazole rings is 1. The van der Waals surface area contributed by atoms with E-state index in [9.17, 15) is 8.42 Å². The molecule has 2 heterocycles. The van der Waals surface area contributed by atoms with Crippen molar-refractivity contribution in [3.63, 3.8) is 0 Å². The van der Waals surface area contributed by atoms with E-state index in [1.54, 1.807) is 6.20 Å². The molecule has 0 atom stereocenters. The van der Waals surface area contributed by atoms with Gasteiger partial charge < -0.3 is 9.13 Å². The zero-order valence-electron chi connectivity index (χ0n) is 14.2. The lowest BCUT2D eigenvalue weighted by atomic mass is 10.2. The van der Waals surface area contributed by atoms with Crippen LogP contribution in [0.25, 0.3) is 10.9 Å². The van der Waals surface area contributed by atoms with E-state index in [4.69, 9.17) is 0 Å². The second-order valence-electron chi connectivity index (χ2n) is 5.91. The van der Waals surface area contributed by atoms with Crippen molar-refractivity contribution in [3.8, 4) is 0 Å². The average Bonchev–Trinajstić information content (AvgIpc) is 3.07. The molecule has 0 aliphatic rings. The maximum Gasteiger partial charge on any atom is 0.242 e. The van der Waals surface area contributed by atoms with E-state index >= 15 is 0 Å². The third-order valence-corrected chi connectivity index (χ3v) is 6.04. The Morgan fingerprint density at radius 2 is 1.96 bits per heavy atom. The second kappa shape index (κ2) is 6.41. The van der Waals surface area contributed by atoms with Crippen LogP contribution in [0.5, 0.6) is 0 Å². The summed E-state index contributed by atoms with van der Waals surface area (Å²) in [5.41, 5.74) is 1.67. The van der Waals surface area contributed by atoms with Crippen molar-refractivity contribution in [3.05, 3.63) is 48.2 Å². The molecule has 0 spiro atoms. The van der Waals surface area contributed by atoms with Crippen molar-refractivity contribution in [1.29, 1.82) is 0 Å². The van der Waals surface area contributed by atoms with E-state index in [-0.39, 0.29) is 0 Å². The topological polar surface area (TPSA) is 68.9 Å². The minimum atomic E-state index is -3.54. The highest BCUT2D eigenvalue weighted by Gasteiger charge is 2.23. The summed E-state index contributed by atoms with van der Waals surface area (Å²) >= 11 is 0. The predicted octanol–water partition coefficient (Wildman–Crippen LogP) is 2.36. The van der Waals surface area contributed by atoms with Gasteiger partial charge in [-0.25, -0.2) is 18.1 Å². The molecule has 0 radical (unpaired) electrons. The third-order valence-electron chi connectivity index (χ3n) is 4.40. The summed E-state index contributed by atoms with van der Waals surface area (Å²) in [7, 11) is -1.66. The van der Waals surface area contributed by atoms with Gasteiger partial charge in [0.25, 0.3) is 0 Å². The molecule has 0 aliphatic carbocycles. The van der Waals surface area contributed by atoms with Gasteiger partial charge >= 0.3 is 0 Å². The van der Waals surface area contributed by atoms with Crippen LogP contribution in [0.1, 0.15) is 17.9 Å². The summed E-state index contributed by atoms with van der Waals surface area (Å²) in [6, 6.07) is 7.57. The molecule has 7 heteroatoms. The number of hydrogen-bond acceptors (Lipinski definition) is 3. The van der Waals surface area contributed by atoms with E-state index < -0.39 is 10.0 Å². The Hall–Kier alpha value is -2.12. The number of nitrogens with one attached hydrogen (secondary N) is 1. The number of sulfonamides is 1. The van der Waals surface area contributed by atoms with Crippen LogP contribution >= 0.6 is 0 Å². The monoisotopic (exact) mass is 346 g/mol. The molecule has 1 N–H and O–H groups in total. The summed E-state index contributed by atoms with van der Waals surface area (Å²) < 4.78 is 32.2. The fraction of sp³-hybridized carbons (Fsp3) is 0.353. The van der Waals surface area contributed by atoms with Crippen LogP contribution in [0.2, 0.25) is 0 Å². The summed E-state index contributed by atoms with van der Waals surface area (Å²) in [6.45, 7) is 4.90. The molecule has 0 amide bonds. The quantitative estimate of drug-likeness (QED) is 0.697. The van der Waals surface area contributed by atoms with E-state index in [0.29, 0.717) is 17.9 Å². The van der Waals surface area contributed by atoms with Crippen molar-refractivity contribution in [2.75, 3.05) is 6.54 Å². The molecule has 3 aromatic rings. The highest BCUT2D eigenvalue weighted by Crippen LogP contribution is 2.28. The molecule has 2 aromatic heterocycles. The van der Waals surface area contributed by atoms with Gasteiger partial charge in [0.15, 0.2) is 0 Å². The van der Waals surface area contributed by atoms with Crippen molar-refractivity contribution in [1.82, 2.24) is 18.8 Å². The minimum absolute atomic E-state index is 0.374. The van der Waals surface area contributed by atoms with Gasteiger partial charge in [0.05, 0.1) is 0 Å². The Bertz CT molecular complexity index is 970. The molecule has 0 saturated heterocycles. The maximum absolute atomic E-state index is 12.8. The Balaban J connectivity index is 1.76. The van der Waals surface area contributed by atoms with E-state index in [2.05, 4.69) is 9.71 Å². The van der Waals surface area contributed by atoms with Crippen molar-refractivity contribution in [2.45, 2.75) is 31.7 Å². The fourth-order valence-corrected chi connectivity index (χ4v) is 4.54. The number of aryl methyl sites for hydroxylation is 3. The zero-order chi connectivity index (χ0) is 17.3. The number of fused-ring (bicyclic) bond motifs is 1. The molecule has 0 aliphatic heterocycles. The van der Waals surface area contributed by atoms with Gasteiger partial charge in [-0.3, -0.25) is 0 Å². The van der Waals surface area contributed by atoms with Gasteiger partial charge in [-0.2, -0.15) is 0 Å². The maximum atomic E-state index is 12.8. The number of hydrogen-bond donors (Lipinski definition) is 1. The van der Waals surface area contributed by atoms with Crippen molar-refractivity contribution >= 4 is 20.9 Å². The first-order valence-electron chi connectivity index (χ1n) is 7.93. The van der Waals surface area contributed by atoms with E-state index in [0.717, 1.165) is 29.0 Å². The number of benzene rings is 1. The van der Waals surface area contributed by atoms with Crippen LogP contribution in [0.4, 0.5) is 0 Å². The molecule has 0 saturated carbocycles. The van der Waals surface area contributed by atoms with Crippen LogP contribution < -0.4 is 4.72 Å². The molecule has 1 aromatic carbocycles. The first-order valence-corrected chi connectivity index (χ1v) is 9.41. The van der Waals surface area contributed by atoms with Crippen LogP contribution in [-0.2, 0) is 23.6 Å². The summed E-state index contributed by atoms with van der Waals surface area (Å²) in [5.74, 6) is 0.933. The number of nitrogens with zero attached hydrogens (tertiary/aromatic N) is 3. The molecule has 3 rings (SSSR count). The smallest absolute Gasteiger partial charge is 0.242 e. The Kier molecular flexibility index (Phi) is 4.47.